The Morgan fingerprint density at radius 1 is 1.19 bits per heavy atom. The van der Waals surface area contributed by atoms with Crippen LogP contribution in [-0.2, 0) is 4.79 Å². The first-order valence-electron chi connectivity index (χ1n) is 5.93. The lowest BCUT2D eigenvalue weighted by Gasteiger charge is -2.27. The predicted molar refractivity (Wildman–Crippen MR) is 71.1 cm³/mol. The molecule has 2 aliphatic rings. The van der Waals surface area contributed by atoms with E-state index >= 15 is 0 Å². The molecule has 1 amide bonds. The van der Waals surface area contributed by atoms with E-state index < -0.39 is 0 Å². The summed E-state index contributed by atoms with van der Waals surface area (Å²) >= 11 is 1.80. The summed E-state index contributed by atoms with van der Waals surface area (Å²) < 4.78 is 0. The third-order valence-corrected chi connectivity index (χ3v) is 4.72. The molecule has 0 radical (unpaired) electrons. The summed E-state index contributed by atoms with van der Waals surface area (Å²) in [6.45, 7) is 0. The fourth-order valence-corrected chi connectivity index (χ4v) is 3.51. The number of halogens is 1. The van der Waals surface area contributed by atoms with Crippen molar-refractivity contribution in [2.75, 3.05) is 5.75 Å². The van der Waals surface area contributed by atoms with Gasteiger partial charge < -0.3 is 11.1 Å². The van der Waals surface area contributed by atoms with Gasteiger partial charge in [-0.2, -0.15) is 0 Å². The average Bonchev–Trinajstić information content (AvgIpc) is 2.74. The molecule has 0 aromatic heterocycles. The van der Waals surface area contributed by atoms with Gasteiger partial charge >= 0.3 is 0 Å². The van der Waals surface area contributed by atoms with Crippen LogP contribution in [0.2, 0.25) is 0 Å². The standard InChI is InChI=1S/C11H20N2OS.ClH/c12-8-3-5-9(6-4-8)13-11(14)10-2-1-7-15-10;/h8-10H,1-7,12H2,(H,13,14);1H. The fraction of sp³-hybridized carbons (Fsp3) is 0.909. The van der Waals surface area contributed by atoms with E-state index in [9.17, 15) is 4.79 Å². The van der Waals surface area contributed by atoms with Crippen LogP contribution in [0.5, 0.6) is 0 Å². The van der Waals surface area contributed by atoms with E-state index in [1.165, 1.54) is 6.42 Å². The molecule has 2 fully saturated rings. The molecule has 1 aliphatic heterocycles. The van der Waals surface area contributed by atoms with E-state index in [0.717, 1.165) is 37.9 Å². The summed E-state index contributed by atoms with van der Waals surface area (Å²) in [6, 6.07) is 0.748. The molecule has 94 valence electrons. The Labute approximate surface area is 108 Å². The van der Waals surface area contributed by atoms with Crippen molar-refractivity contribution >= 4 is 30.1 Å². The molecule has 0 aromatic rings. The van der Waals surface area contributed by atoms with Gasteiger partial charge in [-0.1, -0.05) is 0 Å². The van der Waals surface area contributed by atoms with Crippen molar-refractivity contribution in [1.82, 2.24) is 5.32 Å². The van der Waals surface area contributed by atoms with Gasteiger partial charge in [-0.3, -0.25) is 4.79 Å². The summed E-state index contributed by atoms with van der Waals surface area (Å²) in [4.78, 5) is 11.8. The molecular formula is C11H21ClN2OS. The lowest BCUT2D eigenvalue weighted by molar-refractivity contribution is -0.121. The summed E-state index contributed by atoms with van der Waals surface area (Å²) in [5, 5.41) is 3.39. The highest BCUT2D eigenvalue weighted by atomic mass is 35.5. The molecule has 3 nitrogen and oxygen atoms in total. The van der Waals surface area contributed by atoms with E-state index in [0.29, 0.717) is 12.1 Å². The van der Waals surface area contributed by atoms with Crippen molar-refractivity contribution in [3.63, 3.8) is 0 Å². The summed E-state index contributed by atoms with van der Waals surface area (Å²) in [5.74, 6) is 1.41. The largest absolute Gasteiger partial charge is 0.352 e. The van der Waals surface area contributed by atoms with Crippen LogP contribution in [0.1, 0.15) is 38.5 Å². The number of thioether (sulfide) groups is 1. The van der Waals surface area contributed by atoms with E-state index in [4.69, 9.17) is 5.73 Å². The molecule has 1 unspecified atom stereocenters. The summed E-state index contributed by atoms with van der Waals surface area (Å²) in [6.07, 6.45) is 6.49. The highest BCUT2D eigenvalue weighted by Crippen LogP contribution is 2.27. The van der Waals surface area contributed by atoms with Crippen LogP contribution >= 0.6 is 24.2 Å². The first kappa shape index (κ1) is 14.1. The highest BCUT2D eigenvalue weighted by molar-refractivity contribution is 8.00. The first-order valence-corrected chi connectivity index (χ1v) is 6.98. The van der Waals surface area contributed by atoms with Gasteiger partial charge in [0.2, 0.25) is 5.91 Å². The monoisotopic (exact) mass is 264 g/mol. The second kappa shape index (κ2) is 6.72. The second-order valence-electron chi connectivity index (χ2n) is 4.62. The van der Waals surface area contributed by atoms with Gasteiger partial charge in [0, 0.05) is 12.1 Å². The molecule has 1 heterocycles. The van der Waals surface area contributed by atoms with Gasteiger partial charge in [0.05, 0.1) is 5.25 Å². The molecular weight excluding hydrogens is 244 g/mol. The zero-order valence-electron chi connectivity index (χ0n) is 9.48. The maximum atomic E-state index is 11.8. The minimum Gasteiger partial charge on any atom is -0.352 e. The second-order valence-corrected chi connectivity index (χ2v) is 5.93. The average molecular weight is 265 g/mol. The van der Waals surface area contributed by atoms with Gasteiger partial charge in [-0.25, -0.2) is 0 Å². The van der Waals surface area contributed by atoms with Crippen molar-refractivity contribution in [3.8, 4) is 0 Å². The zero-order chi connectivity index (χ0) is 10.7. The van der Waals surface area contributed by atoms with Crippen molar-refractivity contribution in [2.24, 2.45) is 5.73 Å². The van der Waals surface area contributed by atoms with E-state index in [-0.39, 0.29) is 23.6 Å². The fourth-order valence-electron chi connectivity index (χ4n) is 2.34. The van der Waals surface area contributed by atoms with Crippen molar-refractivity contribution in [2.45, 2.75) is 55.9 Å². The number of nitrogens with two attached hydrogens (primary N) is 1. The maximum absolute atomic E-state index is 11.8. The Kier molecular flexibility index (Phi) is 5.94. The maximum Gasteiger partial charge on any atom is 0.233 e. The molecule has 16 heavy (non-hydrogen) atoms. The number of hydrogen-bond donors (Lipinski definition) is 2. The third kappa shape index (κ3) is 3.82. The number of carbonyl (C=O) groups excluding carboxylic acids is 1. The topological polar surface area (TPSA) is 55.1 Å². The number of amides is 1. The van der Waals surface area contributed by atoms with Gasteiger partial charge in [-0.05, 0) is 44.3 Å². The molecule has 2 rings (SSSR count). The summed E-state index contributed by atoms with van der Waals surface area (Å²) in [7, 11) is 0. The Bertz CT molecular complexity index is 226. The van der Waals surface area contributed by atoms with Crippen LogP contribution in [0.4, 0.5) is 0 Å². The molecule has 0 spiro atoms. The van der Waals surface area contributed by atoms with Crippen LogP contribution in [0, 0.1) is 0 Å². The molecule has 1 saturated carbocycles. The van der Waals surface area contributed by atoms with E-state index in [1.807, 2.05) is 0 Å². The molecule has 1 aliphatic carbocycles. The highest BCUT2D eigenvalue weighted by Gasteiger charge is 2.26. The minimum atomic E-state index is 0. The van der Waals surface area contributed by atoms with Crippen LogP contribution in [0.15, 0.2) is 0 Å². The van der Waals surface area contributed by atoms with Crippen molar-refractivity contribution in [1.29, 1.82) is 0 Å². The van der Waals surface area contributed by atoms with Crippen molar-refractivity contribution < 1.29 is 4.79 Å². The molecule has 0 aromatic carbocycles. The SMILES string of the molecule is Cl.NC1CCC(NC(=O)C2CCCS2)CC1. The number of rotatable bonds is 2. The third-order valence-electron chi connectivity index (χ3n) is 3.34. The van der Waals surface area contributed by atoms with E-state index in [1.54, 1.807) is 11.8 Å². The minimum absolute atomic E-state index is 0. The van der Waals surface area contributed by atoms with Gasteiger partial charge in [0.15, 0.2) is 0 Å². The number of carbonyl (C=O) groups is 1. The lowest BCUT2D eigenvalue weighted by Crippen LogP contribution is -2.43. The van der Waals surface area contributed by atoms with Crippen LogP contribution in [0.25, 0.3) is 0 Å². The summed E-state index contributed by atoms with van der Waals surface area (Å²) in [5.41, 5.74) is 5.83. The van der Waals surface area contributed by atoms with Gasteiger partial charge in [-0.15, -0.1) is 24.2 Å². The predicted octanol–water partition coefficient (Wildman–Crippen LogP) is 1.69. The van der Waals surface area contributed by atoms with E-state index in [2.05, 4.69) is 5.32 Å². The Hall–Kier alpha value is 0.0700. The van der Waals surface area contributed by atoms with Crippen molar-refractivity contribution in [3.05, 3.63) is 0 Å². The smallest absolute Gasteiger partial charge is 0.233 e. The molecule has 3 N–H and O–H groups in total. The zero-order valence-corrected chi connectivity index (χ0v) is 11.1. The molecule has 5 heteroatoms. The number of hydrogen-bond acceptors (Lipinski definition) is 3. The lowest BCUT2D eigenvalue weighted by atomic mass is 9.92. The number of nitrogens with one attached hydrogen (secondary N) is 1. The first-order chi connectivity index (χ1) is 7.25. The normalized spacial score (nSPS) is 34.2. The Balaban J connectivity index is 0.00000128. The molecule has 1 saturated heterocycles. The molecule has 0 bridgehead atoms. The van der Waals surface area contributed by atoms with Crippen LogP contribution < -0.4 is 11.1 Å². The Morgan fingerprint density at radius 2 is 1.88 bits per heavy atom. The van der Waals surface area contributed by atoms with Gasteiger partial charge in [0.25, 0.3) is 0 Å². The molecule has 1 atom stereocenters. The van der Waals surface area contributed by atoms with Gasteiger partial charge in [0.1, 0.15) is 0 Å². The Morgan fingerprint density at radius 3 is 2.44 bits per heavy atom. The quantitative estimate of drug-likeness (QED) is 0.798. The van der Waals surface area contributed by atoms with Crippen LogP contribution in [-0.4, -0.2) is 29.0 Å². The van der Waals surface area contributed by atoms with Crippen LogP contribution in [0.3, 0.4) is 0 Å².